The van der Waals surface area contributed by atoms with Crippen LogP contribution in [-0.4, -0.2) is 10.9 Å². The van der Waals surface area contributed by atoms with Gasteiger partial charge in [-0.1, -0.05) is 41.9 Å². The molecule has 0 bridgehead atoms. The van der Waals surface area contributed by atoms with E-state index >= 15 is 0 Å². The van der Waals surface area contributed by atoms with Crippen LogP contribution in [0.5, 0.6) is 0 Å². The van der Waals surface area contributed by atoms with Crippen LogP contribution in [0.3, 0.4) is 0 Å². The lowest BCUT2D eigenvalue weighted by Crippen LogP contribution is -2.13. The van der Waals surface area contributed by atoms with Gasteiger partial charge in [-0.05, 0) is 42.2 Å². The van der Waals surface area contributed by atoms with E-state index in [2.05, 4.69) is 52.2 Å². The normalized spacial score (nSPS) is 11.9. The Morgan fingerprint density at radius 1 is 1.30 bits per heavy atom. The summed E-state index contributed by atoms with van der Waals surface area (Å²) >= 11 is 3.33. The van der Waals surface area contributed by atoms with Crippen LogP contribution >= 0.6 is 15.9 Å². The fraction of sp³-hybridized carbons (Fsp3) is 0.250. The van der Waals surface area contributed by atoms with Crippen LogP contribution in [0.25, 0.3) is 0 Å². The van der Waals surface area contributed by atoms with Crippen LogP contribution in [0.15, 0.2) is 47.1 Å². The van der Waals surface area contributed by atoms with Gasteiger partial charge in [-0.15, -0.1) is 0 Å². The van der Waals surface area contributed by atoms with E-state index in [1.807, 2.05) is 12.1 Å². The second kappa shape index (κ2) is 6.66. The van der Waals surface area contributed by atoms with E-state index in [9.17, 15) is 4.79 Å². The molecule has 0 aliphatic heterocycles. The first-order chi connectivity index (χ1) is 9.60. The minimum atomic E-state index is -0.206. The van der Waals surface area contributed by atoms with Crippen LogP contribution in [-0.2, 0) is 0 Å². The van der Waals surface area contributed by atoms with E-state index < -0.39 is 0 Å². The minimum Gasteiger partial charge on any atom is -0.321 e. The number of amides is 1. The molecule has 1 aromatic heterocycles. The van der Waals surface area contributed by atoms with Crippen molar-refractivity contribution in [3.63, 3.8) is 0 Å². The molecule has 0 aliphatic rings. The monoisotopic (exact) mass is 332 g/mol. The van der Waals surface area contributed by atoms with Crippen molar-refractivity contribution in [3.05, 3.63) is 58.3 Å². The molecule has 1 heterocycles. The van der Waals surface area contributed by atoms with Crippen molar-refractivity contribution in [1.82, 2.24) is 4.98 Å². The molecule has 1 atom stereocenters. The van der Waals surface area contributed by atoms with Crippen molar-refractivity contribution in [3.8, 4) is 0 Å². The van der Waals surface area contributed by atoms with Gasteiger partial charge < -0.3 is 5.32 Å². The molecule has 1 amide bonds. The average molecular weight is 333 g/mol. The van der Waals surface area contributed by atoms with Gasteiger partial charge in [0.05, 0.1) is 0 Å². The molecule has 0 spiro atoms. The predicted octanol–water partition coefficient (Wildman–Crippen LogP) is 4.61. The second-order valence-corrected chi connectivity index (χ2v) is 5.66. The van der Waals surface area contributed by atoms with Crippen LogP contribution in [0.1, 0.15) is 42.2 Å². The number of hydrogen-bond acceptors (Lipinski definition) is 2. The molecule has 1 unspecified atom stereocenters. The van der Waals surface area contributed by atoms with Gasteiger partial charge in [-0.3, -0.25) is 9.78 Å². The second-order valence-electron chi connectivity index (χ2n) is 4.74. The van der Waals surface area contributed by atoms with Crippen molar-refractivity contribution in [2.75, 3.05) is 5.32 Å². The smallest absolute Gasteiger partial charge is 0.274 e. The Kier molecular flexibility index (Phi) is 4.90. The molecule has 20 heavy (non-hydrogen) atoms. The maximum absolute atomic E-state index is 12.0. The minimum absolute atomic E-state index is 0.206. The maximum atomic E-state index is 12.0. The van der Waals surface area contributed by atoms with Gasteiger partial charge >= 0.3 is 0 Å². The topological polar surface area (TPSA) is 42.0 Å². The SMILES string of the molecule is CCC(C)c1ccc(NC(=O)c2cc(Br)ccn2)cc1. The number of anilines is 1. The summed E-state index contributed by atoms with van der Waals surface area (Å²) in [5, 5.41) is 2.85. The molecule has 2 aromatic rings. The number of hydrogen-bond donors (Lipinski definition) is 1. The Morgan fingerprint density at radius 2 is 2.00 bits per heavy atom. The molecule has 1 N–H and O–H groups in total. The number of carbonyl (C=O) groups is 1. The Morgan fingerprint density at radius 3 is 2.60 bits per heavy atom. The first-order valence-corrected chi connectivity index (χ1v) is 7.42. The van der Waals surface area contributed by atoms with E-state index in [-0.39, 0.29) is 5.91 Å². The average Bonchev–Trinajstić information content (AvgIpc) is 2.47. The third kappa shape index (κ3) is 3.67. The lowest BCUT2D eigenvalue weighted by molar-refractivity contribution is 0.102. The van der Waals surface area contributed by atoms with Crippen LogP contribution in [0.2, 0.25) is 0 Å². The molecule has 4 heteroatoms. The Labute approximate surface area is 127 Å². The molecule has 104 valence electrons. The Hall–Kier alpha value is -1.68. The van der Waals surface area contributed by atoms with Gasteiger partial charge in [0.1, 0.15) is 5.69 Å². The zero-order chi connectivity index (χ0) is 14.5. The van der Waals surface area contributed by atoms with Crippen molar-refractivity contribution < 1.29 is 4.79 Å². The van der Waals surface area contributed by atoms with Crippen molar-refractivity contribution in [1.29, 1.82) is 0 Å². The Bertz CT molecular complexity index is 596. The van der Waals surface area contributed by atoms with Gasteiger partial charge in [0.15, 0.2) is 0 Å². The van der Waals surface area contributed by atoms with Gasteiger partial charge in [0, 0.05) is 16.4 Å². The number of halogens is 1. The predicted molar refractivity (Wildman–Crippen MR) is 85.0 cm³/mol. The summed E-state index contributed by atoms with van der Waals surface area (Å²) in [6, 6.07) is 11.4. The van der Waals surface area contributed by atoms with Crippen LogP contribution < -0.4 is 5.32 Å². The molecular formula is C16H17BrN2O. The number of pyridine rings is 1. The third-order valence-corrected chi connectivity index (χ3v) is 3.80. The molecular weight excluding hydrogens is 316 g/mol. The van der Waals surface area contributed by atoms with Gasteiger partial charge in [-0.25, -0.2) is 0 Å². The Balaban J connectivity index is 2.08. The fourth-order valence-corrected chi connectivity index (χ4v) is 2.19. The molecule has 0 saturated carbocycles. The van der Waals surface area contributed by atoms with E-state index in [0.29, 0.717) is 11.6 Å². The summed E-state index contributed by atoms with van der Waals surface area (Å²) < 4.78 is 0.838. The number of carbonyl (C=O) groups excluding carboxylic acids is 1. The lowest BCUT2D eigenvalue weighted by Gasteiger charge is -2.10. The molecule has 1 aromatic carbocycles. The number of benzene rings is 1. The molecule has 3 nitrogen and oxygen atoms in total. The van der Waals surface area contributed by atoms with Crippen molar-refractivity contribution in [2.24, 2.45) is 0 Å². The van der Waals surface area contributed by atoms with E-state index in [1.54, 1.807) is 18.3 Å². The highest BCUT2D eigenvalue weighted by Crippen LogP contribution is 2.20. The number of rotatable bonds is 4. The zero-order valence-electron chi connectivity index (χ0n) is 11.6. The number of aromatic nitrogens is 1. The number of nitrogens with zero attached hydrogens (tertiary/aromatic N) is 1. The summed E-state index contributed by atoms with van der Waals surface area (Å²) in [4.78, 5) is 16.1. The first kappa shape index (κ1) is 14.7. The maximum Gasteiger partial charge on any atom is 0.274 e. The third-order valence-electron chi connectivity index (χ3n) is 3.30. The van der Waals surface area contributed by atoms with Gasteiger partial charge in [0.25, 0.3) is 5.91 Å². The summed E-state index contributed by atoms with van der Waals surface area (Å²) in [5.41, 5.74) is 2.46. The van der Waals surface area contributed by atoms with E-state index in [1.165, 1.54) is 5.56 Å². The molecule has 0 radical (unpaired) electrons. The molecule has 2 rings (SSSR count). The van der Waals surface area contributed by atoms with E-state index in [0.717, 1.165) is 16.6 Å². The largest absolute Gasteiger partial charge is 0.321 e. The van der Waals surface area contributed by atoms with Gasteiger partial charge in [-0.2, -0.15) is 0 Å². The van der Waals surface area contributed by atoms with Crippen LogP contribution in [0, 0.1) is 0 Å². The zero-order valence-corrected chi connectivity index (χ0v) is 13.1. The summed E-state index contributed by atoms with van der Waals surface area (Å²) in [6.07, 6.45) is 2.71. The summed E-state index contributed by atoms with van der Waals surface area (Å²) in [6.45, 7) is 4.36. The number of nitrogens with one attached hydrogen (secondary N) is 1. The molecule has 0 aliphatic carbocycles. The van der Waals surface area contributed by atoms with Crippen LogP contribution in [0.4, 0.5) is 5.69 Å². The molecule has 0 saturated heterocycles. The van der Waals surface area contributed by atoms with E-state index in [4.69, 9.17) is 0 Å². The van der Waals surface area contributed by atoms with Crippen molar-refractivity contribution >= 4 is 27.5 Å². The quantitative estimate of drug-likeness (QED) is 0.888. The highest BCUT2D eigenvalue weighted by Gasteiger charge is 2.08. The highest BCUT2D eigenvalue weighted by atomic mass is 79.9. The molecule has 0 fully saturated rings. The standard InChI is InChI=1S/C16H17BrN2O/c1-3-11(2)12-4-6-14(7-5-12)19-16(20)15-10-13(17)8-9-18-15/h4-11H,3H2,1-2H3,(H,19,20). The lowest BCUT2D eigenvalue weighted by atomic mass is 9.99. The highest BCUT2D eigenvalue weighted by molar-refractivity contribution is 9.10. The summed E-state index contributed by atoms with van der Waals surface area (Å²) in [5.74, 6) is 0.328. The fourth-order valence-electron chi connectivity index (χ4n) is 1.85. The van der Waals surface area contributed by atoms with Crippen molar-refractivity contribution in [2.45, 2.75) is 26.2 Å². The summed E-state index contributed by atoms with van der Waals surface area (Å²) in [7, 11) is 0. The van der Waals surface area contributed by atoms with Gasteiger partial charge in [0.2, 0.25) is 0 Å². The first-order valence-electron chi connectivity index (χ1n) is 6.63.